The SMILES string of the molecule is Clc1cnc(OCC[C@H]2CCCCN2)nc1. The highest BCUT2D eigenvalue weighted by atomic mass is 35.5. The average Bonchev–Trinajstić information content (AvgIpc) is 2.33. The monoisotopic (exact) mass is 241 g/mol. The van der Waals surface area contributed by atoms with Gasteiger partial charge in [0.25, 0.3) is 0 Å². The van der Waals surface area contributed by atoms with E-state index in [1.54, 1.807) is 12.4 Å². The second-order valence-corrected chi connectivity index (χ2v) is 4.40. The van der Waals surface area contributed by atoms with Gasteiger partial charge in [-0.2, -0.15) is 0 Å². The van der Waals surface area contributed by atoms with Gasteiger partial charge in [-0.1, -0.05) is 18.0 Å². The lowest BCUT2D eigenvalue weighted by Gasteiger charge is -2.22. The Kier molecular flexibility index (Phi) is 4.36. The molecule has 0 amide bonds. The fourth-order valence-corrected chi connectivity index (χ4v) is 1.94. The van der Waals surface area contributed by atoms with Gasteiger partial charge in [0.05, 0.1) is 24.0 Å². The normalized spacial score (nSPS) is 20.7. The van der Waals surface area contributed by atoms with Crippen molar-refractivity contribution in [2.75, 3.05) is 13.2 Å². The van der Waals surface area contributed by atoms with Gasteiger partial charge < -0.3 is 10.1 Å². The fraction of sp³-hybridized carbons (Fsp3) is 0.636. The first kappa shape index (κ1) is 11.6. The van der Waals surface area contributed by atoms with E-state index in [-0.39, 0.29) is 0 Å². The van der Waals surface area contributed by atoms with Gasteiger partial charge in [0.1, 0.15) is 0 Å². The van der Waals surface area contributed by atoms with Crippen LogP contribution < -0.4 is 10.1 Å². The van der Waals surface area contributed by atoms with Crippen LogP contribution in [0.25, 0.3) is 0 Å². The highest BCUT2D eigenvalue weighted by Crippen LogP contribution is 2.11. The Morgan fingerprint density at radius 2 is 2.19 bits per heavy atom. The Hall–Kier alpha value is -0.870. The highest BCUT2D eigenvalue weighted by molar-refractivity contribution is 6.30. The van der Waals surface area contributed by atoms with Crippen molar-refractivity contribution in [3.8, 4) is 6.01 Å². The molecule has 0 unspecified atom stereocenters. The number of hydrogen-bond acceptors (Lipinski definition) is 4. The van der Waals surface area contributed by atoms with Gasteiger partial charge in [-0.3, -0.25) is 0 Å². The van der Waals surface area contributed by atoms with Crippen LogP contribution in [0.4, 0.5) is 0 Å². The van der Waals surface area contributed by atoms with Crippen molar-refractivity contribution in [1.29, 1.82) is 0 Å². The molecule has 1 aliphatic heterocycles. The number of ether oxygens (including phenoxy) is 1. The minimum Gasteiger partial charge on any atom is -0.463 e. The molecule has 16 heavy (non-hydrogen) atoms. The van der Waals surface area contributed by atoms with E-state index < -0.39 is 0 Å². The lowest BCUT2D eigenvalue weighted by molar-refractivity contribution is 0.252. The fourth-order valence-electron chi connectivity index (χ4n) is 1.84. The predicted molar refractivity (Wildman–Crippen MR) is 62.8 cm³/mol. The second kappa shape index (κ2) is 6.01. The van der Waals surface area contributed by atoms with Gasteiger partial charge >= 0.3 is 6.01 Å². The predicted octanol–water partition coefficient (Wildman–Crippen LogP) is 2.04. The molecule has 1 saturated heterocycles. The lowest BCUT2D eigenvalue weighted by atomic mass is 10.0. The Balaban J connectivity index is 1.69. The van der Waals surface area contributed by atoms with Crippen LogP contribution in [0.15, 0.2) is 12.4 Å². The van der Waals surface area contributed by atoms with Gasteiger partial charge in [0.2, 0.25) is 0 Å². The van der Waals surface area contributed by atoms with E-state index >= 15 is 0 Å². The van der Waals surface area contributed by atoms with Crippen LogP contribution in [-0.4, -0.2) is 29.2 Å². The van der Waals surface area contributed by atoms with Crippen LogP contribution in [0, 0.1) is 0 Å². The number of hydrogen-bond donors (Lipinski definition) is 1. The molecule has 1 aromatic heterocycles. The van der Waals surface area contributed by atoms with Crippen LogP contribution in [0.3, 0.4) is 0 Å². The highest BCUT2D eigenvalue weighted by Gasteiger charge is 2.12. The molecule has 0 aliphatic carbocycles. The molecule has 0 bridgehead atoms. The molecule has 1 aromatic rings. The number of aromatic nitrogens is 2. The van der Waals surface area contributed by atoms with Crippen molar-refractivity contribution < 1.29 is 4.74 Å². The molecule has 5 heteroatoms. The molecule has 1 aliphatic rings. The van der Waals surface area contributed by atoms with Gasteiger partial charge in [-0.15, -0.1) is 0 Å². The molecule has 88 valence electrons. The Labute approximate surface area is 100 Å². The quantitative estimate of drug-likeness (QED) is 0.877. The topological polar surface area (TPSA) is 47.0 Å². The van der Waals surface area contributed by atoms with Gasteiger partial charge in [-0.25, -0.2) is 9.97 Å². The minimum atomic E-state index is 0.403. The zero-order chi connectivity index (χ0) is 11.2. The summed E-state index contributed by atoms with van der Waals surface area (Å²) in [5.41, 5.74) is 0. The van der Waals surface area contributed by atoms with E-state index in [1.165, 1.54) is 19.3 Å². The second-order valence-electron chi connectivity index (χ2n) is 3.97. The van der Waals surface area contributed by atoms with Crippen molar-refractivity contribution in [3.63, 3.8) is 0 Å². The third-order valence-corrected chi connectivity index (χ3v) is 2.90. The molecule has 0 radical (unpaired) electrons. The van der Waals surface area contributed by atoms with Crippen molar-refractivity contribution >= 4 is 11.6 Å². The van der Waals surface area contributed by atoms with E-state index in [0.29, 0.717) is 23.7 Å². The molecular weight excluding hydrogens is 226 g/mol. The van der Waals surface area contributed by atoms with Crippen molar-refractivity contribution in [1.82, 2.24) is 15.3 Å². The first-order chi connectivity index (χ1) is 7.84. The molecule has 2 heterocycles. The smallest absolute Gasteiger partial charge is 0.316 e. The molecule has 0 aromatic carbocycles. The van der Waals surface area contributed by atoms with Crippen LogP contribution in [0.1, 0.15) is 25.7 Å². The molecule has 0 saturated carbocycles. The average molecular weight is 242 g/mol. The number of halogens is 1. The summed E-state index contributed by atoms with van der Waals surface area (Å²) < 4.78 is 5.44. The van der Waals surface area contributed by atoms with E-state index in [2.05, 4.69) is 15.3 Å². The number of nitrogens with zero attached hydrogens (tertiary/aromatic N) is 2. The zero-order valence-electron chi connectivity index (χ0n) is 9.16. The van der Waals surface area contributed by atoms with Gasteiger partial charge in [-0.05, 0) is 25.8 Å². The summed E-state index contributed by atoms with van der Waals surface area (Å²) in [6.45, 7) is 1.78. The van der Waals surface area contributed by atoms with Crippen molar-refractivity contribution in [3.05, 3.63) is 17.4 Å². The Morgan fingerprint density at radius 1 is 1.38 bits per heavy atom. The molecule has 1 atom stereocenters. The summed E-state index contributed by atoms with van der Waals surface area (Å²) in [5.74, 6) is 0. The maximum absolute atomic E-state index is 5.68. The summed E-state index contributed by atoms with van der Waals surface area (Å²) in [4.78, 5) is 7.95. The molecule has 2 rings (SSSR count). The molecular formula is C11H16ClN3O. The molecule has 1 N–H and O–H groups in total. The summed E-state index contributed by atoms with van der Waals surface area (Å²) in [5, 5.41) is 4.00. The molecule has 0 spiro atoms. The first-order valence-electron chi connectivity index (χ1n) is 5.68. The lowest BCUT2D eigenvalue weighted by Crippen LogP contribution is -2.35. The maximum atomic E-state index is 5.68. The largest absolute Gasteiger partial charge is 0.463 e. The van der Waals surface area contributed by atoms with Gasteiger partial charge in [0, 0.05) is 6.04 Å². The Bertz CT molecular complexity index is 312. The van der Waals surface area contributed by atoms with Crippen LogP contribution >= 0.6 is 11.6 Å². The summed E-state index contributed by atoms with van der Waals surface area (Å²) in [7, 11) is 0. The van der Waals surface area contributed by atoms with E-state index in [1.807, 2.05) is 0 Å². The minimum absolute atomic E-state index is 0.403. The van der Waals surface area contributed by atoms with Crippen LogP contribution in [0.5, 0.6) is 6.01 Å². The number of rotatable bonds is 4. The maximum Gasteiger partial charge on any atom is 0.316 e. The Morgan fingerprint density at radius 3 is 2.88 bits per heavy atom. The summed E-state index contributed by atoms with van der Waals surface area (Å²) >= 11 is 5.68. The van der Waals surface area contributed by atoms with Crippen molar-refractivity contribution in [2.45, 2.75) is 31.7 Å². The van der Waals surface area contributed by atoms with E-state index in [4.69, 9.17) is 16.3 Å². The first-order valence-corrected chi connectivity index (χ1v) is 6.06. The zero-order valence-corrected chi connectivity index (χ0v) is 9.91. The van der Waals surface area contributed by atoms with E-state index in [0.717, 1.165) is 13.0 Å². The van der Waals surface area contributed by atoms with E-state index in [9.17, 15) is 0 Å². The third kappa shape index (κ3) is 3.61. The third-order valence-electron chi connectivity index (χ3n) is 2.71. The summed E-state index contributed by atoms with van der Waals surface area (Å²) in [6.07, 6.45) is 7.94. The van der Waals surface area contributed by atoms with Crippen LogP contribution in [0.2, 0.25) is 5.02 Å². The standard InChI is InChI=1S/C11H16ClN3O/c12-9-7-14-11(15-8-9)16-6-4-10-3-1-2-5-13-10/h7-8,10,13H,1-6H2/t10-/m1/s1. The van der Waals surface area contributed by atoms with Gasteiger partial charge in [0.15, 0.2) is 0 Å². The number of nitrogens with one attached hydrogen (secondary N) is 1. The summed E-state index contributed by atoms with van der Waals surface area (Å²) in [6, 6.07) is 0.987. The number of piperidine rings is 1. The molecule has 1 fully saturated rings. The molecule has 4 nitrogen and oxygen atoms in total. The van der Waals surface area contributed by atoms with Crippen molar-refractivity contribution in [2.24, 2.45) is 0 Å². The van der Waals surface area contributed by atoms with Crippen LogP contribution in [-0.2, 0) is 0 Å².